The molecule has 0 aromatic rings. The molecule has 0 bridgehead atoms. The molecule has 1 aliphatic rings. The fourth-order valence-electron chi connectivity index (χ4n) is 1.21. The lowest BCUT2D eigenvalue weighted by Crippen LogP contribution is -2.05. The summed E-state index contributed by atoms with van der Waals surface area (Å²) in [5.74, 6) is -0.329. The van der Waals surface area contributed by atoms with Gasteiger partial charge in [-0.15, -0.1) is 0 Å². The first kappa shape index (κ1) is 7.25. The first-order valence-electron chi connectivity index (χ1n) is 3.25. The van der Waals surface area contributed by atoms with Crippen molar-refractivity contribution in [2.45, 2.75) is 6.92 Å². The summed E-state index contributed by atoms with van der Waals surface area (Å²) in [6, 6.07) is 0. The fourth-order valence-corrected chi connectivity index (χ4v) is 1.21. The van der Waals surface area contributed by atoms with Crippen molar-refractivity contribution in [3.63, 3.8) is 0 Å². The van der Waals surface area contributed by atoms with E-state index in [1.165, 1.54) is 7.11 Å². The van der Waals surface area contributed by atoms with Crippen molar-refractivity contribution in [3.8, 4) is 0 Å². The summed E-state index contributed by atoms with van der Waals surface area (Å²) < 4.78 is 4.48. The number of carbonyl (C=O) groups is 2. The highest BCUT2D eigenvalue weighted by atomic mass is 16.5. The number of esters is 1. The lowest BCUT2D eigenvalue weighted by atomic mass is 10.3. The second kappa shape index (κ2) is 2.40. The molecule has 1 aliphatic carbocycles. The predicted octanol–water partition coefficient (Wildman–Crippen LogP) is 0.240. The normalized spacial score (nSPS) is 36.8. The molecule has 3 heteroatoms. The van der Waals surface area contributed by atoms with Crippen molar-refractivity contribution in [2.75, 3.05) is 7.11 Å². The van der Waals surface area contributed by atoms with Gasteiger partial charge in [-0.1, -0.05) is 6.92 Å². The summed E-state index contributed by atoms with van der Waals surface area (Å²) in [5, 5.41) is 0. The van der Waals surface area contributed by atoms with Crippen LogP contribution in [-0.2, 0) is 14.3 Å². The van der Waals surface area contributed by atoms with Crippen molar-refractivity contribution in [1.82, 2.24) is 0 Å². The Labute approximate surface area is 59.4 Å². The smallest absolute Gasteiger partial charge is 0.309 e. The molecule has 3 nitrogen and oxygen atoms in total. The molecule has 0 aliphatic heterocycles. The molecule has 0 unspecified atom stereocenters. The van der Waals surface area contributed by atoms with E-state index in [9.17, 15) is 9.59 Å². The predicted molar refractivity (Wildman–Crippen MR) is 34.2 cm³/mol. The zero-order valence-corrected chi connectivity index (χ0v) is 6.03. The summed E-state index contributed by atoms with van der Waals surface area (Å²) in [6.45, 7) is 1.88. The monoisotopic (exact) mass is 142 g/mol. The fraction of sp³-hybridized carbons (Fsp3) is 0.714. The minimum atomic E-state index is -0.260. The summed E-state index contributed by atoms with van der Waals surface area (Å²) in [7, 11) is 1.34. The van der Waals surface area contributed by atoms with Crippen LogP contribution in [-0.4, -0.2) is 19.4 Å². The molecule has 0 saturated heterocycles. The van der Waals surface area contributed by atoms with E-state index in [4.69, 9.17) is 0 Å². The van der Waals surface area contributed by atoms with E-state index in [1.54, 1.807) is 0 Å². The first-order chi connectivity index (χ1) is 4.72. The van der Waals surface area contributed by atoms with E-state index in [2.05, 4.69) is 4.74 Å². The van der Waals surface area contributed by atoms with E-state index in [-0.39, 0.29) is 23.7 Å². The highest BCUT2D eigenvalue weighted by molar-refractivity contribution is 5.82. The number of hydrogen-bond donors (Lipinski definition) is 0. The van der Waals surface area contributed by atoms with Gasteiger partial charge in [0.05, 0.1) is 13.0 Å². The average molecular weight is 142 g/mol. The summed E-state index contributed by atoms with van der Waals surface area (Å²) in [6.07, 6.45) is 0.826. The van der Waals surface area contributed by atoms with Crippen LogP contribution in [0.3, 0.4) is 0 Å². The molecule has 0 N–H and O–H groups in total. The molecule has 0 radical (unpaired) electrons. The van der Waals surface area contributed by atoms with E-state index in [0.29, 0.717) is 0 Å². The lowest BCUT2D eigenvalue weighted by molar-refractivity contribution is -0.143. The Morgan fingerprint density at radius 2 is 2.20 bits per heavy atom. The number of rotatable bonds is 2. The maximum atomic E-state index is 10.8. The van der Waals surface area contributed by atoms with Gasteiger partial charge in [0.2, 0.25) is 0 Å². The largest absolute Gasteiger partial charge is 0.469 e. The van der Waals surface area contributed by atoms with Crippen LogP contribution < -0.4 is 0 Å². The standard InChI is InChI=1S/C7H10O3/c1-4-5(3-8)6(4)7(9)10-2/h3-6H,1-2H3/t4-,5-,6+/m0/s1. The van der Waals surface area contributed by atoms with Gasteiger partial charge in [-0.25, -0.2) is 0 Å². The molecule has 0 spiro atoms. The van der Waals surface area contributed by atoms with E-state index < -0.39 is 0 Å². The van der Waals surface area contributed by atoms with E-state index in [0.717, 1.165) is 6.29 Å². The second-order valence-corrected chi connectivity index (χ2v) is 2.62. The molecule has 0 heterocycles. The Balaban J connectivity index is 2.47. The van der Waals surface area contributed by atoms with Crippen molar-refractivity contribution < 1.29 is 14.3 Å². The van der Waals surface area contributed by atoms with Gasteiger partial charge in [0.25, 0.3) is 0 Å². The van der Waals surface area contributed by atoms with Gasteiger partial charge in [-0.05, 0) is 5.92 Å². The van der Waals surface area contributed by atoms with Crippen LogP contribution in [0.15, 0.2) is 0 Å². The number of carbonyl (C=O) groups excluding carboxylic acids is 2. The third-order valence-electron chi connectivity index (χ3n) is 2.08. The first-order valence-corrected chi connectivity index (χ1v) is 3.25. The molecule has 1 saturated carbocycles. The highest BCUT2D eigenvalue weighted by Crippen LogP contribution is 2.44. The lowest BCUT2D eigenvalue weighted by Gasteiger charge is -1.92. The van der Waals surface area contributed by atoms with Crippen molar-refractivity contribution in [2.24, 2.45) is 17.8 Å². The van der Waals surface area contributed by atoms with Crippen LogP contribution in [0.4, 0.5) is 0 Å². The van der Waals surface area contributed by atoms with Gasteiger partial charge in [-0.2, -0.15) is 0 Å². The zero-order valence-electron chi connectivity index (χ0n) is 6.03. The van der Waals surface area contributed by atoms with Crippen molar-refractivity contribution >= 4 is 12.3 Å². The number of methoxy groups -OCH3 is 1. The van der Waals surface area contributed by atoms with Gasteiger partial charge in [0.15, 0.2) is 0 Å². The molecule has 1 fully saturated rings. The van der Waals surface area contributed by atoms with Gasteiger partial charge in [-0.3, -0.25) is 4.79 Å². The Morgan fingerprint density at radius 3 is 2.50 bits per heavy atom. The van der Waals surface area contributed by atoms with Crippen molar-refractivity contribution in [1.29, 1.82) is 0 Å². The molecule has 3 atom stereocenters. The van der Waals surface area contributed by atoms with Crippen LogP contribution in [0.1, 0.15) is 6.92 Å². The third-order valence-corrected chi connectivity index (χ3v) is 2.08. The van der Waals surface area contributed by atoms with Crippen LogP contribution in [0.25, 0.3) is 0 Å². The molecule has 0 amide bonds. The molecular formula is C7H10O3. The maximum Gasteiger partial charge on any atom is 0.309 e. The Morgan fingerprint density at radius 1 is 1.60 bits per heavy atom. The van der Waals surface area contributed by atoms with Gasteiger partial charge in [0.1, 0.15) is 6.29 Å². The van der Waals surface area contributed by atoms with Crippen LogP contribution in [0.2, 0.25) is 0 Å². The Bertz CT molecular complexity index is 164. The minimum Gasteiger partial charge on any atom is -0.469 e. The van der Waals surface area contributed by atoms with E-state index in [1.807, 2.05) is 6.92 Å². The summed E-state index contributed by atoms with van der Waals surface area (Å²) in [4.78, 5) is 21.0. The summed E-state index contributed by atoms with van der Waals surface area (Å²) in [5.41, 5.74) is 0. The maximum absolute atomic E-state index is 10.8. The highest BCUT2D eigenvalue weighted by Gasteiger charge is 2.52. The SMILES string of the molecule is COC(=O)[C@@H]1[C@@H](C)[C@@H]1C=O. The molecule has 10 heavy (non-hydrogen) atoms. The van der Waals surface area contributed by atoms with Crippen LogP contribution >= 0.6 is 0 Å². The van der Waals surface area contributed by atoms with E-state index >= 15 is 0 Å². The molecular weight excluding hydrogens is 132 g/mol. The van der Waals surface area contributed by atoms with Crippen LogP contribution in [0, 0.1) is 17.8 Å². The third kappa shape index (κ3) is 0.916. The average Bonchev–Trinajstić information content (AvgIpc) is 2.59. The quantitative estimate of drug-likeness (QED) is 0.409. The number of aldehydes is 1. The zero-order chi connectivity index (χ0) is 7.72. The molecule has 0 aromatic heterocycles. The summed E-state index contributed by atoms with van der Waals surface area (Å²) >= 11 is 0. The molecule has 0 aromatic carbocycles. The van der Waals surface area contributed by atoms with Crippen LogP contribution in [0.5, 0.6) is 0 Å². The van der Waals surface area contributed by atoms with Gasteiger partial charge < -0.3 is 9.53 Å². The molecule has 1 rings (SSSR count). The molecule has 56 valence electrons. The number of hydrogen-bond acceptors (Lipinski definition) is 3. The van der Waals surface area contributed by atoms with Crippen molar-refractivity contribution in [3.05, 3.63) is 0 Å². The number of ether oxygens (including phenoxy) is 1. The topological polar surface area (TPSA) is 43.4 Å². The Hall–Kier alpha value is -0.860. The Kier molecular flexibility index (Phi) is 1.74. The van der Waals surface area contributed by atoms with Gasteiger partial charge in [0, 0.05) is 5.92 Å². The minimum absolute atomic E-state index is 0.0903. The second-order valence-electron chi connectivity index (χ2n) is 2.62. The van der Waals surface area contributed by atoms with Gasteiger partial charge >= 0.3 is 5.97 Å².